The molecule has 0 saturated heterocycles. The van der Waals surface area contributed by atoms with E-state index >= 15 is 0 Å². The van der Waals surface area contributed by atoms with Crippen molar-refractivity contribution in [3.63, 3.8) is 0 Å². The van der Waals surface area contributed by atoms with E-state index in [-0.39, 0.29) is 11.3 Å². The topological polar surface area (TPSA) is 20.3 Å². The number of nitrogens with zero attached hydrogens (tertiary/aromatic N) is 1. The van der Waals surface area contributed by atoms with Gasteiger partial charge < -0.3 is 4.90 Å². The molecule has 0 spiro atoms. The Morgan fingerprint density at radius 3 is 2.44 bits per heavy atom. The molecule has 0 saturated carbocycles. The molecule has 1 aromatic carbocycles. The number of carbonyl (C=O) groups excluding carboxylic acids is 1. The van der Waals surface area contributed by atoms with Crippen LogP contribution in [0.3, 0.4) is 0 Å². The number of carbonyl (C=O) groups is 1. The summed E-state index contributed by atoms with van der Waals surface area (Å²) in [5.41, 5.74) is 0.204. The number of halogens is 1. The highest BCUT2D eigenvalue weighted by Crippen LogP contribution is 2.11. The fourth-order valence-corrected chi connectivity index (χ4v) is 2.19. The largest absolute Gasteiger partial charge is 0.303 e. The number of benzene rings is 1. The molecule has 1 rings (SSSR count). The normalized spacial score (nSPS) is 11.2. The van der Waals surface area contributed by atoms with Gasteiger partial charge in [0.1, 0.15) is 5.82 Å². The predicted octanol–water partition coefficient (Wildman–Crippen LogP) is 3.52. The van der Waals surface area contributed by atoms with Crippen molar-refractivity contribution in [1.82, 2.24) is 4.90 Å². The van der Waals surface area contributed by atoms with Gasteiger partial charge in [-0.25, -0.2) is 4.39 Å². The third kappa shape index (κ3) is 3.91. The van der Waals surface area contributed by atoms with Crippen molar-refractivity contribution in [2.24, 2.45) is 0 Å². The van der Waals surface area contributed by atoms with E-state index in [0.717, 1.165) is 12.8 Å². The summed E-state index contributed by atoms with van der Waals surface area (Å²) in [6.45, 7) is 4.96. The lowest BCUT2D eigenvalue weighted by atomic mass is 10.1. The first kappa shape index (κ1) is 14.8. The smallest absolute Gasteiger partial charge is 0.167 e. The molecule has 0 unspecified atom stereocenters. The van der Waals surface area contributed by atoms with Crippen molar-refractivity contribution >= 4 is 5.78 Å². The van der Waals surface area contributed by atoms with Crippen molar-refractivity contribution in [1.29, 1.82) is 0 Å². The standard InChI is InChI=1S/C15H22FNO/c1-4-12(5-2)17(3)11-10-15(18)13-8-6-7-9-14(13)16/h6-9,12H,4-5,10-11H2,1-3H3. The molecule has 0 amide bonds. The Morgan fingerprint density at radius 1 is 1.28 bits per heavy atom. The van der Waals surface area contributed by atoms with E-state index in [9.17, 15) is 9.18 Å². The third-order valence-corrected chi connectivity index (χ3v) is 3.43. The molecule has 100 valence electrons. The summed E-state index contributed by atoms with van der Waals surface area (Å²) in [5, 5.41) is 0. The highest BCUT2D eigenvalue weighted by Gasteiger charge is 2.14. The summed E-state index contributed by atoms with van der Waals surface area (Å²) in [6.07, 6.45) is 2.51. The van der Waals surface area contributed by atoms with Crippen LogP contribution in [0.15, 0.2) is 24.3 Å². The molecule has 0 aliphatic heterocycles. The third-order valence-electron chi connectivity index (χ3n) is 3.43. The summed E-state index contributed by atoms with van der Waals surface area (Å²) in [6, 6.07) is 6.68. The summed E-state index contributed by atoms with van der Waals surface area (Å²) in [4.78, 5) is 14.1. The molecule has 1 aromatic rings. The van der Waals surface area contributed by atoms with E-state index in [4.69, 9.17) is 0 Å². The van der Waals surface area contributed by atoms with Gasteiger partial charge in [0.25, 0.3) is 0 Å². The van der Waals surface area contributed by atoms with E-state index in [1.165, 1.54) is 6.07 Å². The average molecular weight is 251 g/mol. The van der Waals surface area contributed by atoms with E-state index in [1.807, 2.05) is 7.05 Å². The minimum absolute atomic E-state index is 0.120. The number of hydrogen-bond acceptors (Lipinski definition) is 2. The van der Waals surface area contributed by atoms with Crippen molar-refractivity contribution in [3.05, 3.63) is 35.6 Å². The van der Waals surface area contributed by atoms with E-state index in [1.54, 1.807) is 18.2 Å². The average Bonchev–Trinajstić information content (AvgIpc) is 2.38. The molecule has 0 aromatic heterocycles. The lowest BCUT2D eigenvalue weighted by Crippen LogP contribution is -2.32. The first-order valence-electron chi connectivity index (χ1n) is 6.58. The van der Waals surface area contributed by atoms with Crippen molar-refractivity contribution in [2.75, 3.05) is 13.6 Å². The van der Waals surface area contributed by atoms with Crippen LogP contribution in [0, 0.1) is 5.82 Å². The lowest BCUT2D eigenvalue weighted by molar-refractivity contribution is 0.0954. The molecule has 0 bridgehead atoms. The molecule has 0 atom stereocenters. The summed E-state index contributed by atoms with van der Waals surface area (Å²) >= 11 is 0. The maximum absolute atomic E-state index is 13.4. The molecular formula is C15H22FNO. The van der Waals surface area contributed by atoms with Crippen molar-refractivity contribution in [2.45, 2.75) is 39.2 Å². The van der Waals surface area contributed by atoms with Gasteiger partial charge in [0, 0.05) is 19.0 Å². The van der Waals surface area contributed by atoms with Gasteiger partial charge in [0.05, 0.1) is 5.56 Å². The zero-order valence-electron chi connectivity index (χ0n) is 11.4. The minimum atomic E-state index is -0.423. The van der Waals surface area contributed by atoms with Gasteiger partial charge in [-0.1, -0.05) is 26.0 Å². The lowest BCUT2D eigenvalue weighted by Gasteiger charge is -2.25. The van der Waals surface area contributed by atoms with Gasteiger partial charge >= 0.3 is 0 Å². The van der Waals surface area contributed by atoms with Crippen LogP contribution in [0.2, 0.25) is 0 Å². The fraction of sp³-hybridized carbons (Fsp3) is 0.533. The molecule has 3 heteroatoms. The summed E-state index contributed by atoms with van der Waals surface area (Å²) < 4.78 is 13.4. The Balaban J connectivity index is 2.54. The Labute approximate surface area is 109 Å². The molecule has 2 nitrogen and oxygen atoms in total. The van der Waals surface area contributed by atoms with Crippen LogP contribution in [-0.2, 0) is 0 Å². The van der Waals surface area contributed by atoms with Crippen LogP contribution in [-0.4, -0.2) is 30.3 Å². The Kier molecular flexibility index (Phi) is 5.99. The second-order valence-electron chi connectivity index (χ2n) is 4.60. The minimum Gasteiger partial charge on any atom is -0.303 e. The van der Waals surface area contributed by atoms with Crippen LogP contribution in [0.1, 0.15) is 43.5 Å². The first-order chi connectivity index (χ1) is 8.60. The van der Waals surface area contributed by atoms with Crippen LogP contribution in [0.4, 0.5) is 4.39 Å². The van der Waals surface area contributed by atoms with E-state index < -0.39 is 5.82 Å². The van der Waals surface area contributed by atoms with Gasteiger partial charge in [-0.15, -0.1) is 0 Å². The van der Waals surface area contributed by atoms with Gasteiger partial charge in [-0.3, -0.25) is 4.79 Å². The van der Waals surface area contributed by atoms with Gasteiger partial charge in [-0.2, -0.15) is 0 Å². The number of rotatable bonds is 7. The fourth-order valence-electron chi connectivity index (χ4n) is 2.19. The number of Topliss-reactive ketones (excluding diaryl/α,β-unsaturated/α-hetero) is 1. The van der Waals surface area contributed by atoms with Crippen LogP contribution in [0.25, 0.3) is 0 Å². The number of ketones is 1. The van der Waals surface area contributed by atoms with Crippen LogP contribution >= 0.6 is 0 Å². The maximum atomic E-state index is 13.4. The van der Waals surface area contributed by atoms with Crippen LogP contribution < -0.4 is 0 Å². The Hall–Kier alpha value is -1.22. The van der Waals surface area contributed by atoms with Crippen LogP contribution in [0.5, 0.6) is 0 Å². The first-order valence-corrected chi connectivity index (χ1v) is 6.58. The second-order valence-corrected chi connectivity index (χ2v) is 4.60. The highest BCUT2D eigenvalue weighted by atomic mass is 19.1. The van der Waals surface area contributed by atoms with E-state index in [2.05, 4.69) is 18.7 Å². The predicted molar refractivity (Wildman–Crippen MR) is 72.3 cm³/mol. The van der Waals surface area contributed by atoms with Gasteiger partial charge in [0.15, 0.2) is 5.78 Å². The molecule has 0 radical (unpaired) electrons. The zero-order chi connectivity index (χ0) is 13.5. The molecule has 0 fully saturated rings. The monoisotopic (exact) mass is 251 g/mol. The number of hydrogen-bond donors (Lipinski definition) is 0. The summed E-state index contributed by atoms with van der Waals surface area (Å²) in [7, 11) is 2.02. The Morgan fingerprint density at radius 2 is 1.89 bits per heavy atom. The molecule has 0 N–H and O–H groups in total. The SMILES string of the molecule is CCC(CC)N(C)CCC(=O)c1ccccc1F. The van der Waals surface area contributed by atoms with E-state index in [0.29, 0.717) is 19.0 Å². The maximum Gasteiger partial charge on any atom is 0.167 e. The van der Waals surface area contributed by atoms with Crippen molar-refractivity contribution < 1.29 is 9.18 Å². The molecular weight excluding hydrogens is 229 g/mol. The second kappa shape index (κ2) is 7.27. The van der Waals surface area contributed by atoms with Gasteiger partial charge in [0.2, 0.25) is 0 Å². The molecule has 0 heterocycles. The van der Waals surface area contributed by atoms with Crippen molar-refractivity contribution in [3.8, 4) is 0 Å². The Bertz CT molecular complexity index is 388. The summed E-state index contributed by atoms with van der Waals surface area (Å²) in [5.74, 6) is -0.543. The zero-order valence-corrected chi connectivity index (χ0v) is 11.4. The van der Waals surface area contributed by atoms with Gasteiger partial charge in [-0.05, 0) is 32.0 Å². The highest BCUT2D eigenvalue weighted by molar-refractivity contribution is 5.96. The quantitative estimate of drug-likeness (QED) is 0.691. The molecule has 0 aliphatic rings. The molecule has 18 heavy (non-hydrogen) atoms. The molecule has 0 aliphatic carbocycles.